The van der Waals surface area contributed by atoms with Crippen molar-refractivity contribution < 1.29 is 14.3 Å². The standard InChI is InChI=1S/C26H25NO3/c1-5-22-24(29-3)15-18(16-25(22)30-4)9-10-19-7-6-8-23(17(19)2)20-11-13-21(14-12-20)26(27)28/h5-16H,1H2,2-4H3,(H2,27,28)/b10-9+. The van der Waals surface area contributed by atoms with Crippen LogP contribution in [-0.2, 0) is 0 Å². The van der Waals surface area contributed by atoms with Gasteiger partial charge in [-0.1, -0.05) is 55.1 Å². The fraction of sp³-hybridized carbons (Fsp3) is 0.115. The summed E-state index contributed by atoms with van der Waals surface area (Å²) in [5.74, 6) is 0.997. The van der Waals surface area contributed by atoms with E-state index in [0.29, 0.717) is 17.1 Å². The molecular formula is C26H25NO3. The van der Waals surface area contributed by atoms with Gasteiger partial charge in [-0.3, -0.25) is 4.79 Å². The van der Waals surface area contributed by atoms with Gasteiger partial charge in [-0.05, 0) is 59.0 Å². The zero-order chi connectivity index (χ0) is 21.7. The van der Waals surface area contributed by atoms with Gasteiger partial charge in [0.05, 0.1) is 19.8 Å². The van der Waals surface area contributed by atoms with E-state index in [-0.39, 0.29) is 0 Å². The average molecular weight is 399 g/mol. The van der Waals surface area contributed by atoms with Crippen molar-refractivity contribution in [3.63, 3.8) is 0 Å². The molecule has 0 aliphatic heterocycles. The lowest BCUT2D eigenvalue weighted by molar-refractivity contribution is 0.100. The van der Waals surface area contributed by atoms with Gasteiger partial charge in [-0.25, -0.2) is 0 Å². The van der Waals surface area contributed by atoms with Gasteiger partial charge < -0.3 is 15.2 Å². The lowest BCUT2D eigenvalue weighted by Gasteiger charge is -2.12. The largest absolute Gasteiger partial charge is 0.496 e. The van der Waals surface area contributed by atoms with Gasteiger partial charge in [0.2, 0.25) is 5.91 Å². The second-order valence-corrected chi connectivity index (χ2v) is 6.84. The highest BCUT2D eigenvalue weighted by Crippen LogP contribution is 2.33. The highest BCUT2D eigenvalue weighted by Gasteiger charge is 2.09. The molecule has 0 saturated heterocycles. The molecule has 4 nitrogen and oxygen atoms in total. The van der Waals surface area contributed by atoms with Gasteiger partial charge in [0, 0.05) is 5.56 Å². The number of carbonyl (C=O) groups is 1. The third-order valence-corrected chi connectivity index (χ3v) is 5.08. The summed E-state index contributed by atoms with van der Waals surface area (Å²) in [4.78, 5) is 11.3. The number of benzene rings is 3. The molecule has 0 bridgehead atoms. The molecule has 152 valence electrons. The van der Waals surface area contributed by atoms with Crippen molar-refractivity contribution in [2.45, 2.75) is 6.92 Å². The van der Waals surface area contributed by atoms with Gasteiger partial charge in [-0.2, -0.15) is 0 Å². The molecule has 3 aromatic rings. The van der Waals surface area contributed by atoms with Crippen LogP contribution in [0.15, 0.2) is 61.2 Å². The second kappa shape index (κ2) is 9.14. The van der Waals surface area contributed by atoms with Crippen LogP contribution in [-0.4, -0.2) is 20.1 Å². The summed E-state index contributed by atoms with van der Waals surface area (Å²) >= 11 is 0. The summed E-state index contributed by atoms with van der Waals surface area (Å²) in [6, 6.07) is 17.4. The number of carbonyl (C=O) groups excluding carboxylic acids is 1. The number of amides is 1. The molecule has 0 fully saturated rings. The van der Waals surface area contributed by atoms with E-state index < -0.39 is 5.91 Å². The number of methoxy groups -OCH3 is 2. The predicted molar refractivity (Wildman–Crippen MR) is 124 cm³/mol. The molecule has 1 amide bonds. The van der Waals surface area contributed by atoms with E-state index in [9.17, 15) is 4.79 Å². The minimum atomic E-state index is -0.428. The van der Waals surface area contributed by atoms with Gasteiger partial charge in [0.25, 0.3) is 0 Å². The lowest BCUT2D eigenvalue weighted by Crippen LogP contribution is -2.10. The number of hydrogen-bond donors (Lipinski definition) is 1. The number of hydrogen-bond acceptors (Lipinski definition) is 3. The maximum atomic E-state index is 11.3. The zero-order valence-electron chi connectivity index (χ0n) is 17.4. The Kier molecular flexibility index (Phi) is 6.38. The fourth-order valence-electron chi connectivity index (χ4n) is 3.40. The third-order valence-electron chi connectivity index (χ3n) is 5.08. The van der Waals surface area contributed by atoms with Crippen LogP contribution < -0.4 is 15.2 Å². The van der Waals surface area contributed by atoms with Gasteiger partial charge in [0.15, 0.2) is 0 Å². The Morgan fingerprint density at radius 3 is 2.13 bits per heavy atom. The van der Waals surface area contributed by atoms with E-state index in [2.05, 4.69) is 31.7 Å². The molecule has 0 aliphatic carbocycles. The number of rotatable bonds is 7. The highest BCUT2D eigenvalue weighted by atomic mass is 16.5. The third kappa shape index (κ3) is 4.28. The molecule has 3 rings (SSSR count). The van der Waals surface area contributed by atoms with Crippen molar-refractivity contribution in [1.82, 2.24) is 0 Å². The molecule has 0 unspecified atom stereocenters. The second-order valence-electron chi connectivity index (χ2n) is 6.84. The number of primary amides is 1. The Hall–Kier alpha value is -3.79. The van der Waals surface area contributed by atoms with Crippen molar-refractivity contribution in [3.8, 4) is 22.6 Å². The fourth-order valence-corrected chi connectivity index (χ4v) is 3.40. The SMILES string of the molecule is C=Cc1c(OC)cc(/C=C/c2cccc(-c3ccc(C(N)=O)cc3)c2C)cc1OC. The quantitative estimate of drug-likeness (QED) is 0.527. The Bertz CT molecular complexity index is 1090. The van der Waals surface area contributed by atoms with Crippen molar-refractivity contribution in [2.24, 2.45) is 5.73 Å². The summed E-state index contributed by atoms with van der Waals surface area (Å²) < 4.78 is 11.0. The molecule has 0 aliphatic rings. The molecule has 0 radical (unpaired) electrons. The van der Waals surface area contributed by atoms with Gasteiger partial charge in [-0.15, -0.1) is 0 Å². The first-order chi connectivity index (χ1) is 14.5. The van der Waals surface area contributed by atoms with Crippen LogP contribution >= 0.6 is 0 Å². The number of ether oxygens (including phenoxy) is 2. The molecule has 0 aromatic heterocycles. The molecule has 0 saturated carbocycles. The normalized spacial score (nSPS) is 10.8. The van der Waals surface area contributed by atoms with E-state index in [1.165, 1.54) is 0 Å². The van der Waals surface area contributed by atoms with E-state index in [1.807, 2.05) is 36.4 Å². The topological polar surface area (TPSA) is 61.5 Å². The monoisotopic (exact) mass is 399 g/mol. The molecule has 0 spiro atoms. The summed E-state index contributed by atoms with van der Waals surface area (Å²) in [6.07, 6.45) is 5.82. The molecule has 30 heavy (non-hydrogen) atoms. The maximum absolute atomic E-state index is 11.3. The van der Waals surface area contributed by atoms with Crippen LogP contribution in [0.3, 0.4) is 0 Å². The van der Waals surface area contributed by atoms with Crippen molar-refractivity contribution >= 4 is 24.1 Å². The summed E-state index contributed by atoms with van der Waals surface area (Å²) in [6.45, 7) is 5.92. The van der Waals surface area contributed by atoms with E-state index >= 15 is 0 Å². The van der Waals surface area contributed by atoms with E-state index in [4.69, 9.17) is 15.2 Å². The van der Waals surface area contributed by atoms with Crippen molar-refractivity contribution in [2.75, 3.05) is 14.2 Å². The first-order valence-corrected chi connectivity index (χ1v) is 9.55. The molecule has 0 atom stereocenters. The Morgan fingerprint density at radius 2 is 1.60 bits per heavy atom. The Labute approximate surface area is 177 Å². The molecule has 0 heterocycles. The average Bonchev–Trinajstić information content (AvgIpc) is 2.77. The van der Waals surface area contributed by atoms with Crippen LogP contribution in [0.4, 0.5) is 0 Å². The molecule has 4 heteroatoms. The van der Waals surface area contributed by atoms with Crippen molar-refractivity contribution in [1.29, 1.82) is 0 Å². The van der Waals surface area contributed by atoms with Gasteiger partial charge >= 0.3 is 0 Å². The first-order valence-electron chi connectivity index (χ1n) is 9.55. The predicted octanol–water partition coefficient (Wildman–Crippen LogP) is 5.59. The Balaban J connectivity index is 1.96. The maximum Gasteiger partial charge on any atom is 0.248 e. The first kappa shape index (κ1) is 20.9. The summed E-state index contributed by atoms with van der Waals surface area (Å²) in [5, 5.41) is 0. The smallest absolute Gasteiger partial charge is 0.248 e. The summed E-state index contributed by atoms with van der Waals surface area (Å²) in [7, 11) is 3.26. The van der Waals surface area contributed by atoms with Crippen molar-refractivity contribution in [3.05, 3.63) is 89.0 Å². The van der Waals surface area contributed by atoms with Crippen LogP contribution in [0.1, 0.15) is 32.6 Å². The zero-order valence-corrected chi connectivity index (χ0v) is 17.4. The number of nitrogens with two attached hydrogens (primary N) is 1. The van der Waals surface area contributed by atoms with Crippen LogP contribution in [0.5, 0.6) is 11.5 Å². The highest BCUT2D eigenvalue weighted by molar-refractivity contribution is 5.93. The molecular weight excluding hydrogens is 374 g/mol. The molecule has 2 N–H and O–H groups in total. The van der Waals surface area contributed by atoms with E-state index in [1.54, 1.807) is 32.4 Å². The Morgan fingerprint density at radius 1 is 0.967 bits per heavy atom. The van der Waals surface area contributed by atoms with Crippen LogP contribution in [0.25, 0.3) is 29.4 Å². The molecule has 3 aromatic carbocycles. The van der Waals surface area contributed by atoms with Crippen LogP contribution in [0, 0.1) is 6.92 Å². The lowest BCUT2D eigenvalue weighted by atomic mass is 9.95. The van der Waals surface area contributed by atoms with Crippen LogP contribution in [0.2, 0.25) is 0 Å². The van der Waals surface area contributed by atoms with E-state index in [0.717, 1.165) is 33.4 Å². The minimum Gasteiger partial charge on any atom is -0.496 e. The van der Waals surface area contributed by atoms with Gasteiger partial charge in [0.1, 0.15) is 11.5 Å². The minimum absolute atomic E-state index is 0.428. The summed E-state index contributed by atoms with van der Waals surface area (Å²) in [5.41, 5.74) is 12.0.